The van der Waals surface area contributed by atoms with E-state index >= 15 is 0 Å². The number of amides is 1. The molecule has 2 aromatic heterocycles. The van der Waals surface area contributed by atoms with Crippen molar-refractivity contribution in [3.05, 3.63) is 41.7 Å². The highest BCUT2D eigenvalue weighted by atomic mass is 19.1. The van der Waals surface area contributed by atoms with Crippen molar-refractivity contribution in [2.75, 3.05) is 43.5 Å². The first-order valence-corrected chi connectivity index (χ1v) is 11.6. The lowest BCUT2D eigenvalue weighted by Crippen LogP contribution is -2.34. The number of carbonyl (C=O) groups is 1. The lowest BCUT2D eigenvalue weighted by Gasteiger charge is -2.19. The molecule has 0 spiro atoms. The van der Waals surface area contributed by atoms with Crippen LogP contribution in [-0.2, 0) is 4.79 Å². The Balaban J connectivity index is 1.55. The van der Waals surface area contributed by atoms with E-state index in [1.54, 1.807) is 19.2 Å². The summed E-state index contributed by atoms with van der Waals surface area (Å²) in [4.78, 5) is 27.1. The molecule has 6 rings (SSSR count). The molecule has 11 heteroatoms. The molecule has 0 unspecified atom stereocenters. The van der Waals surface area contributed by atoms with E-state index in [4.69, 9.17) is 14.5 Å². The zero-order valence-electron chi connectivity index (χ0n) is 19.4. The average molecular weight is 487 g/mol. The van der Waals surface area contributed by atoms with Crippen LogP contribution < -0.4 is 25.0 Å². The van der Waals surface area contributed by atoms with Crippen molar-refractivity contribution in [1.29, 1.82) is 5.26 Å². The van der Waals surface area contributed by atoms with E-state index in [0.29, 0.717) is 70.1 Å². The molecule has 0 aliphatic carbocycles. The van der Waals surface area contributed by atoms with Crippen molar-refractivity contribution in [1.82, 2.24) is 20.3 Å². The number of fused-ring (bicyclic) bond motifs is 11. The van der Waals surface area contributed by atoms with Crippen LogP contribution in [-0.4, -0.2) is 54.1 Å². The molecule has 1 amide bonds. The number of halogens is 1. The Hall–Kier alpha value is -4.59. The number of carbonyl (C=O) groups excluding carboxylic acids is 1. The summed E-state index contributed by atoms with van der Waals surface area (Å²) in [6.45, 7) is 1.67. The number of nitrogens with zero attached hydrogens (tertiary/aromatic N) is 4. The minimum atomic E-state index is -0.375. The number of benzene rings is 2. The number of anilines is 2. The second-order valence-electron chi connectivity index (χ2n) is 8.90. The molecular weight excluding hydrogens is 465 g/mol. The van der Waals surface area contributed by atoms with E-state index in [-0.39, 0.29) is 30.3 Å². The third-order valence-electron chi connectivity index (χ3n) is 6.52. The fourth-order valence-corrected chi connectivity index (χ4v) is 4.83. The molecule has 182 valence electrons. The van der Waals surface area contributed by atoms with Gasteiger partial charge in [0.2, 0.25) is 0 Å². The topological polar surface area (TPSA) is 128 Å². The fraction of sp³-hybridized carbons (Fsp3) is 0.280. The Kier molecular flexibility index (Phi) is 5.21. The molecule has 36 heavy (non-hydrogen) atoms. The van der Waals surface area contributed by atoms with Gasteiger partial charge >= 0.3 is 6.01 Å². The molecule has 0 radical (unpaired) electrons. The maximum absolute atomic E-state index is 14.5. The first kappa shape index (κ1) is 21.9. The molecule has 10 nitrogen and oxygen atoms in total. The van der Waals surface area contributed by atoms with Crippen LogP contribution >= 0.6 is 0 Å². The van der Waals surface area contributed by atoms with Gasteiger partial charge in [0.05, 0.1) is 28.2 Å². The molecule has 4 heterocycles. The highest BCUT2D eigenvalue weighted by Gasteiger charge is 2.28. The van der Waals surface area contributed by atoms with Crippen LogP contribution in [0.3, 0.4) is 0 Å². The predicted molar refractivity (Wildman–Crippen MR) is 131 cm³/mol. The molecule has 2 aliphatic rings. The second-order valence-corrected chi connectivity index (χ2v) is 8.90. The van der Waals surface area contributed by atoms with Gasteiger partial charge in [-0.3, -0.25) is 4.79 Å². The summed E-state index contributed by atoms with van der Waals surface area (Å²) in [5, 5.41) is 16.8. The lowest BCUT2D eigenvalue weighted by molar-refractivity contribution is -0.123. The van der Waals surface area contributed by atoms with Gasteiger partial charge in [0.15, 0.2) is 6.61 Å². The molecule has 6 bridgehead atoms. The molecule has 3 N–H and O–H groups in total. The summed E-state index contributed by atoms with van der Waals surface area (Å²) in [6.07, 6.45) is 0.853. The monoisotopic (exact) mass is 487 g/mol. The Morgan fingerprint density at radius 3 is 2.92 bits per heavy atom. The Labute approximate surface area is 205 Å². The minimum absolute atomic E-state index is 0.0732. The zero-order valence-corrected chi connectivity index (χ0v) is 19.4. The number of H-pyrrole nitrogens is 1. The summed E-state index contributed by atoms with van der Waals surface area (Å²) in [7, 11) is 1.73. The summed E-state index contributed by atoms with van der Waals surface area (Å²) in [5.74, 6) is 0.810. The third-order valence-corrected chi connectivity index (χ3v) is 6.52. The van der Waals surface area contributed by atoms with Crippen LogP contribution in [0, 0.1) is 23.1 Å². The number of nitriles is 1. The van der Waals surface area contributed by atoms with Crippen molar-refractivity contribution in [2.24, 2.45) is 5.92 Å². The maximum Gasteiger partial charge on any atom is 0.325 e. The smallest absolute Gasteiger partial charge is 0.325 e. The Bertz CT molecular complexity index is 1560. The van der Waals surface area contributed by atoms with E-state index in [1.165, 1.54) is 18.2 Å². The number of nitrogens with one attached hydrogen (secondary N) is 3. The van der Waals surface area contributed by atoms with Gasteiger partial charge in [-0.05, 0) is 36.6 Å². The average Bonchev–Trinajstić information content (AvgIpc) is 3.49. The minimum Gasteiger partial charge on any atom is -0.484 e. The molecular formula is C25H22FN7O3. The summed E-state index contributed by atoms with van der Waals surface area (Å²) in [6, 6.07) is 9.69. The standard InChI is InChI=1S/C25H22FN7O3/c1-28-19-7-15(26)6-18-21-23(30-22(18)19)31-25-32-24(21)33-3-2-13(11-33)10-29-20(34)12-35-16-4-14(9-27)5-17(8-16)36-25/h4-8,13,28H,2-3,10-12H2,1H3,(H,29,34)(H,30,31,32)/t13-/m1/s1. The van der Waals surface area contributed by atoms with Crippen LogP contribution in [0.1, 0.15) is 12.0 Å². The second kappa shape index (κ2) is 8.57. The largest absolute Gasteiger partial charge is 0.484 e. The van der Waals surface area contributed by atoms with Gasteiger partial charge in [-0.1, -0.05) is 0 Å². The van der Waals surface area contributed by atoms with Crippen LogP contribution in [0.25, 0.3) is 21.9 Å². The first-order valence-electron chi connectivity index (χ1n) is 11.6. The van der Waals surface area contributed by atoms with Crippen molar-refractivity contribution in [3.8, 4) is 23.6 Å². The predicted octanol–water partition coefficient (Wildman–Crippen LogP) is 3.29. The number of rotatable bonds is 1. The zero-order chi connectivity index (χ0) is 24.8. The quantitative estimate of drug-likeness (QED) is 0.373. The maximum atomic E-state index is 14.5. The number of ether oxygens (including phenoxy) is 2. The van der Waals surface area contributed by atoms with E-state index in [0.717, 1.165) is 6.42 Å². The van der Waals surface area contributed by atoms with Crippen molar-refractivity contribution >= 4 is 39.3 Å². The molecule has 0 saturated carbocycles. The third kappa shape index (κ3) is 3.86. The van der Waals surface area contributed by atoms with Crippen LogP contribution in [0.4, 0.5) is 15.9 Å². The lowest BCUT2D eigenvalue weighted by atomic mass is 10.1. The van der Waals surface area contributed by atoms with Crippen LogP contribution in [0.5, 0.6) is 17.5 Å². The number of hydrogen-bond donors (Lipinski definition) is 3. The normalized spacial score (nSPS) is 17.5. The summed E-state index contributed by atoms with van der Waals surface area (Å²) >= 11 is 0. The van der Waals surface area contributed by atoms with Gasteiger partial charge in [0.25, 0.3) is 5.91 Å². The summed E-state index contributed by atoms with van der Waals surface area (Å²) < 4.78 is 26.1. The Morgan fingerprint density at radius 2 is 2.08 bits per heavy atom. The van der Waals surface area contributed by atoms with Gasteiger partial charge in [-0.25, -0.2) is 4.39 Å². The molecule has 1 fully saturated rings. The van der Waals surface area contributed by atoms with Gasteiger partial charge in [-0.15, -0.1) is 0 Å². The van der Waals surface area contributed by atoms with E-state index in [1.807, 2.05) is 0 Å². The van der Waals surface area contributed by atoms with E-state index < -0.39 is 0 Å². The molecule has 1 atom stereocenters. The van der Waals surface area contributed by atoms with E-state index in [9.17, 15) is 14.4 Å². The van der Waals surface area contributed by atoms with Crippen molar-refractivity contribution in [3.63, 3.8) is 0 Å². The molecule has 2 aromatic carbocycles. The summed E-state index contributed by atoms with van der Waals surface area (Å²) in [5.41, 5.74) is 2.11. The number of aromatic nitrogens is 3. The van der Waals surface area contributed by atoms with Gasteiger partial charge < -0.3 is 30.0 Å². The highest BCUT2D eigenvalue weighted by Crippen LogP contribution is 2.39. The SMILES string of the molecule is CNc1cc(F)cc2c1[nH]c1nc3nc(c12)N1CC[C@H](CNC(=O)COc2cc(C#N)cc(c2)O3)C1. The number of aromatic amines is 1. The van der Waals surface area contributed by atoms with Crippen molar-refractivity contribution < 1.29 is 18.7 Å². The van der Waals surface area contributed by atoms with Gasteiger partial charge in [0.1, 0.15) is 28.8 Å². The van der Waals surface area contributed by atoms with Gasteiger partial charge in [0, 0.05) is 38.1 Å². The molecule has 4 aromatic rings. The van der Waals surface area contributed by atoms with Crippen LogP contribution in [0.15, 0.2) is 30.3 Å². The molecule has 2 aliphatic heterocycles. The highest BCUT2D eigenvalue weighted by molar-refractivity contribution is 6.14. The van der Waals surface area contributed by atoms with Crippen LogP contribution in [0.2, 0.25) is 0 Å². The fourth-order valence-electron chi connectivity index (χ4n) is 4.83. The van der Waals surface area contributed by atoms with E-state index in [2.05, 4.69) is 31.6 Å². The number of hydrogen-bond acceptors (Lipinski definition) is 8. The Morgan fingerprint density at radius 1 is 1.22 bits per heavy atom. The van der Waals surface area contributed by atoms with Gasteiger partial charge in [-0.2, -0.15) is 15.2 Å². The first-order chi connectivity index (χ1) is 17.5. The molecule has 1 saturated heterocycles. The van der Waals surface area contributed by atoms with Crippen molar-refractivity contribution in [2.45, 2.75) is 6.42 Å².